The summed E-state index contributed by atoms with van der Waals surface area (Å²) in [5, 5.41) is 21.1. The van der Waals surface area contributed by atoms with E-state index in [1.807, 2.05) is 24.3 Å². The van der Waals surface area contributed by atoms with Crippen LogP contribution < -0.4 is 10.1 Å². The molecule has 0 fully saturated rings. The van der Waals surface area contributed by atoms with Gasteiger partial charge in [0.25, 0.3) is 0 Å². The van der Waals surface area contributed by atoms with E-state index in [9.17, 15) is 9.90 Å². The number of carbonyl (C=O) groups is 1. The minimum absolute atomic E-state index is 0.0119. The largest absolute Gasteiger partial charge is 0.497 e. The Balaban J connectivity index is 2.26. The van der Waals surface area contributed by atoms with Crippen molar-refractivity contribution in [1.82, 2.24) is 5.32 Å². The van der Waals surface area contributed by atoms with Gasteiger partial charge in [-0.25, -0.2) is 0 Å². The Bertz CT molecular complexity index is 381. The highest BCUT2D eigenvalue weighted by Gasteiger charge is 2.06. The van der Waals surface area contributed by atoms with Gasteiger partial charge in [0.1, 0.15) is 5.75 Å². The summed E-state index contributed by atoms with van der Waals surface area (Å²) in [7, 11) is 1.61. The molecule has 3 N–H and O–H groups in total. The Morgan fingerprint density at radius 2 is 2.28 bits per heavy atom. The molecule has 1 rings (SSSR count). The van der Waals surface area contributed by atoms with Crippen LogP contribution in [0, 0.1) is 0 Å². The smallest absolute Gasteiger partial charge is 0.303 e. The van der Waals surface area contributed by atoms with Crippen LogP contribution in [-0.2, 0) is 11.3 Å². The molecule has 100 valence electrons. The summed E-state index contributed by atoms with van der Waals surface area (Å²) in [6, 6.07) is 7.64. The lowest BCUT2D eigenvalue weighted by Gasteiger charge is -2.11. The Kier molecular flexibility index (Phi) is 6.18. The van der Waals surface area contributed by atoms with E-state index in [0.717, 1.165) is 11.3 Å². The maximum Gasteiger partial charge on any atom is 0.303 e. The van der Waals surface area contributed by atoms with E-state index in [4.69, 9.17) is 9.84 Å². The Labute approximate surface area is 106 Å². The van der Waals surface area contributed by atoms with Crippen LogP contribution in [-0.4, -0.2) is 35.9 Å². The lowest BCUT2D eigenvalue weighted by molar-refractivity contribution is -0.137. The number of nitrogens with one attached hydrogen (secondary N) is 1. The second-order valence-corrected chi connectivity index (χ2v) is 4.07. The summed E-state index contributed by atoms with van der Waals surface area (Å²) in [6.07, 6.45) is -0.380. The molecule has 1 aromatic carbocycles. The second-order valence-electron chi connectivity index (χ2n) is 4.07. The molecule has 18 heavy (non-hydrogen) atoms. The van der Waals surface area contributed by atoms with Gasteiger partial charge in [-0.3, -0.25) is 4.79 Å². The molecule has 0 spiro atoms. The Morgan fingerprint density at radius 1 is 1.50 bits per heavy atom. The molecule has 1 atom stereocenters. The summed E-state index contributed by atoms with van der Waals surface area (Å²) >= 11 is 0. The van der Waals surface area contributed by atoms with E-state index in [1.54, 1.807) is 7.11 Å². The molecule has 0 bridgehead atoms. The molecule has 0 aliphatic carbocycles. The molecule has 0 heterocycles. The topological polar surface area (TPSA) is 78.8 Å². The lowest BCUT2D eigenvalue weighted by Crippen LogP contribution is -2.26. The highest BCUT2D eigenvalue weighted by Crippen LogP contribution is 2.12. The van der Waals surface area contributed by atoms with Crippen LogP contribution in [0.1, 0.15) is 18.4 Å². The normalized spacial score (nSPS) is 12.1. The number of carboxylic acids is 1. The number of ether oxygens (including phenoxy) is 1. The van der Waals surface area contributed by atoms with Crippen LogP contribution in [0.4, 0.5) is 0 Å². The molecular weight excluding hydrogens is 234 g/mol. The monoisotopic (exact) mass is 253 g/mol. The third-order valence-corrected chi connectivity index (χ3v) is 2.53. The zero-order valence-corrected chi connectivity index (χ0v) is 10.4. The molecule has 0 radical (unpaired) electrons. The fourth-order valence-corrected chi connectivity index (χ4v) is 1.56. The van der Waals surface area contributed by atoms with Crippen molar-refractivity contribution in [3.8, 4) is 5.75 Å². The summed E-state index contributed by atoms with van der Waals surface area (Å²) < 4.78 is 5.10. The third-order valence-electron chi connectivity index (χ3n) is 2.53. The highest BCUT2D eigenvalue weighted by atomic mass is 16.5. The molecule has 0 aromatic heterocycles. The molecule has 1 aromatic rings. The molecular formula is C13H19NO4. The number of aliphatic carboxylic acids is 1. The number of rotatable bonds is 8. The molecule has 1 unspecified atom stereocenters. The maximum atomic E-state index is 10.3. The number of benzene rings is 1. The van der Waals surface area contributed by atoms with Gasteiger partial charge in [0.15, 0.2) is 0 Å². The molecule has 5 heteroatoms. The summed E-state index contributed by atoms with van der Waals surface area (Å²) in [5.41, 5.74) is 1.06. The maximum absolute atomic E-state index is 10.3. The van der Waals surface area contributed by atoms with Gasteiger partial charge in [0.2, 0.25) is 0 Å². The van der Waals surface area contributed by atoms with Crippen molar-refractivity contribution >= 4 is 5.97 Å². The first-order valence-electron chi connectivity index (χ1n) is 5.85. The number of carboxylic acid groups (broad SMARTS) is 1. The quantitative estimate of drug-likeness (QED) is 0.644. The van der Waals surface area contributed by atoms with Gasteiger partial charge in [-0.05, 0) is 24.1 Å². The van der Waals surface area contributed by atoms with E-state index in [-0.39, 0.29) is 12.8 Å². The summed E-state index contributed by atoms with van der Waals surface area (Å²) in [4.78, 5) is 10.3. The molecule has 0 saturated carbocycles. The predicted octanol–water partition coefficient (Wildman–Crippen LogP) is 1.01. The van der Waals surface area contributed by atoms with Crippen LogP contribution in [0.25, 0.3) is 0 Å². The van der Waals surface area contributed by atoms with E-state index in [0.29, 0.717) is 13.1 Å². The first-order valence-corrected chi connectivity index (χ1v) is 5.85. The van der Waals surface area contributed by atoms with E-state index in [2.05, 4.69) is 5.32 Å². The summed E-state index contributed by atoms with van der Waals surface area (Å²) in [6.45, 7) is 0.992. The number of aliphatic hydroxyl groups is 1. The lowest BCUT2D eigenvalue weighted by atomic mass is 10.2. The molecule has 0 aliphatic heterocycles. The first-order chi connectivity index (χ1) is 8.61. The fourth-order valence-electron chi connectivity index (χ4n) is 1.56. The highest BCUT2D eigenvalue weighted by molar-refractivity contribution is 5.66. The van der Waals surface area contributed by atoms with Crippen molar-refractivity contribution in [2.24, 2.45) is 0 Å². The standard InChI is InChI=1S/C13H19NO4/c1-18-12-4-2-3-10(7-12)8-14-9-11(15)5-6-13(16)17/h2-4,7,11,14-15H,5-6,8-9H2,1H3,(H,16,17). The van der Waals surface area contributed by atoms with Gasteiger partial charge in [-0.2, -0.15) is 0 Å². The number of hydrogen-bond acceptors (Lipinski definition) is 4. The molecule has 0 saturated heterocycles. The number of methoxy groups -OCH3 is 1. The van der Waals surface area contributed by atoms with Crippen molar-refractivity contribution in [3.05, 3.63) is 29.8 Å². The van der Waals surface area contributed by atoms with Gasteiger partial charge in [-0.1, -0.05) is 12.1 Å². The van der Waals surface area contributed by atoms with Gasteiger partial charge in [0, 0.05) is 19.5 Å². The van der Waals surface area contributed by atoms with Gasteiger partial charge >= 0.3 is 5.97 Å². The van der Waals surface area contributed by atoms with Crippen molar-refractivity contribution in [1.29, 1.82) is 0 Å². The first kappa shape index (κ1) is 14.5. The Hall–Kier alpha value is -1.59. The third kappa shape index (κ3) is 5.65. The average Bonchev–Trinajstić information content (AvgIpc) is 2.36. The minimum atomic E-state index is -0.887. The van der Waals surface area contributed by atoms with Crippen molar-refractivity contribution < 1.29 is 19.7 Å². The van der Waals surface area contributed by atoms with Crippen molar-refractivity contribution in [2.45, 2.75) is 25.5 Å². The van der Waals surface area contributed by atoms with Crippen LogP contribution >= 0.6 is 0 Å². The second kappa shape index (κ2) is 7.68. The minimum Gasteiger partial charge on any atom is -0.497 e. The fraction of sp³-hybridized carbons (Fsp3) is 0.462. The van der Waals surface area contributed by atoms with Crippen LogP contribution in [0.5, 0.6) is 5.75 Å². The van der Waals surface area contributed by atoms with Crippen LogP contribution in [0.3, 0.4) is 0 Å². The van der Waals surface area contributed by atoms with E-state index >= 15 is 0 Å². The van der Waals surface area contributed by atoms with Crippen LogP contribution in [0.2, 0.25) is 0 Å². The van der Waals surface area contributed by atoms with Crippen LogP contribution in [0.15, 0.2) is 24.3 Å². The number of aliphatic hydroxyl groups excluding tert-OH is 1. The molecule has 0 amide bonds. The van der Waals surface area contributed by atoms with Crippen molar-refractivity contribution in [3.63, 3.8) is 0 Å². The SMILES string of the molecule is COc1cccc(CNCC(O)CCC(=O)O)c1. The average molecular weight is 253 g/mol. The van der Waals surface area contributed by atoms with Crippen molar-refractivity contribution in [2.75, 3.05) is 13.7 Å². The zero-order chi connectivity index (χ0) is 13.4. The summed E-state index contributed by atoms with van der Waals surface area (Å²) in [5.74, 6) is -0.0948. The Morgan fingerprint density at radius 3 is 2.94 bits per heavy atom. The van der Waals surface area contributed by atoms with Gasteiger partial charge in [0.05, 0.1) is 13.2 Å². The van der Waals surface area contributed by atoms with Gasteiger partial charge in [-0.15, -0.1) is 0 Å². The predicted molar refractivity (Wildman–Crippen MR) is 67.6 cm³/mol. The molecule has 5 nitrogen and oxygen atoms in total. The van der Waals surface area contributed by atoms with Gasteiger partial charge < -0.3 is 20.3 Å². The van der Waals surface area contributed by atoms with E-state index < -0.39 is 12.1 Å². The zero-order valence-electron chi connectivity index (χ0n) is 10.4. The van der Waals surface area contributed by atoms with E-state index in [1.165, 1.54) is 0 Å². The molecule has 0 aliphatic rings. The number of hydrogen-bond donors (Lipinski definition) is 3.